The SMILES string of the molecule is Clc1ccc2c(c1)OC(c1ccccc1)CN2. The molecular weight excluding hydrogens is 234 g/mol. The first kappa shape index (κ1) is 10.5. The summed E-state index contributed by atoms with van der Waals surface area (Å²) in [5.41, 5.74) is 2.17. The van der Waals surface area contributed by atoms with Crippen LogP contribution in [0.3, 0.4) is 0 Å². The molecule has 1 unspecified atom stereocenters. The second kappa shape index (κ2) is 4.30. The molecule has 1 heterocycles. The highest BCUT2D eigenvalue weighted by atomic mass is 35.5. The summed E-state index contributed by atoms with van der Waals surface area (Å²) in [4.78, 5) is 0. The molecule has 1 aliphatic rings. The van der Waals surface area contributed by atoms with Crippen molar-refractivity contribution in [3.8, 4) is 5.75 Å². The Morgan fingerprint density at radius 1 is 1.12 bits per heavy atom. The molecule has 0 spiro atoms. The Labute approximate surface area is 105 Å². The summed E-state index contributed by atoms with van der Waals surface area (Å²) in [5.74, 6) is 0.817. The van der Waals surface area contributed by atoms with E-state index in [4.69, 9.17) is 16.3 Å². The van der Waals surface area contributed by atoms with E-state index in [1.54, 1.807) is 0 Å². The lowest BCUT2D eigenvalue weighted by Gasteiger charge is -2.27. The van der Waals surface area contributed by atoms with Crippen LogP contribution in [-0.4, -0.2) is 6.54 Å². The zero-order valence-corrected chi connectivity index (χ0v) is 9.95. The lowest BCUT2D eigenvalue weighted by Crippen LogP contribution is -2.23. The Morgan fingerprint density at radius 3 is 2.76 bits per heavy atom. The van der Waals surface area contributed by atoms with Crippen LogP contribution in [0.5, 0.6) is 5.75 Å². The molecular formula is C14H12ClNO. The molecule has 3 heteroatoms. The van der Waals surface area contributed by atoms with Gasteiger partial charge in [-0.15, -0.1) is 0 Å². The highest BCUT2D eigenvalue weighted by molar-refractivity contribution is 6.30. The van der Waals surface area contributed by atoms with Gasteiger partial charge in [-0.2, -0.15) is 0 Å². The minimum atomic E-state index is 0.0437. The topological polar surface area (TPSA) is 21.3 Å². The lowest BCUT2D eigenvalue weighted by atomic mass is 10.1. The molecule has 2 nitrogen and oxygen atoms in total. The minimum Gasteiger partial charge on any atom is -0.482 e. The van der Waals surface area contributed by atoms with Gasteiger partial charge in [0, 0.05) is 11.1 Å². The predicted molar refractivity (Wildman–Crippen MR) is 69.8 cm³/mol. The molecule has 0 saturated carbocycles. The van der Waals surface area contributed by atoms with Gasteiger partial charge >= 0.3 is 0 Å². The van der Waals surface area contributed by atoms with Crippen LogP contribution in [0.1, 0.15) is 11.7 Å². The van der Waals surface area contributed by atoms with Crippen LogP contribution in [0, 0.1) is 0 Å². The Balaban J connectivity index is 1.90. The highest BCUT2D eigenvalue weighted by Crippen LogP contribution is 2.35. The highest BCUT2D eigenvalue weighted by Gasteiger charge is 2.20. The van der Waals surface area contributed by atoms with Crippen LogP contribution in [0.4, 0.5) is 5.69 Å². The molecule has 0 amide bonds. The van der Waals surface area contributed by atoms with Gasteiger partial charge in [-0.1, -0.05) is 41.9 Å². The van der Waals surface area contributed by atoms with Gasteiger partial charge in [0.25, 0.3) is 0 Å². The van der Waals surface area contributed by atoms with Gasteiger partial charge in [0.1, 0.15) is 11.9 Å². The molecule has 0 aromatic heterocycles. The number of ether oxygens (including phenoxy) is 1. The molecule has 1 atom stereocenters. The maximum absolute atomic E-state index is 5.96. The molecule has 1 aliphatic heterocycles. The van der Waals surface area contributed by atoms with Crippen molar-refractivity contribution in [2.45, 2.75) is 6.10 Å². The molecule has 0 fully saturated rings. The lowest BCUT2D eigenvalue weighted by molar-refractivity contribution is 0.210. The summed E-state index contributed by atoms with van der Waals surface area (Å²) in [6.07, 6.45) is 0.0437. The Bertz CT molecular complexity index is 527. The van der Waals surface area contributed by atoms with Gasteiger partial charge in [0.05, 0.1) is 12.2 Å². The quantitative estimate of drug-likeness (QED) is 0.823. The number of benzene rings is 2. The van der Waals surface area contributed by atoms with Crippen molar-refractivity contribution in [3.63, 3.8) is 0 Å². The van der Waals surface area contributed by atoms with E-state index >= 15 is 0 Å². The van der Waals surface area contributed by atoms with E-state index in [-0.39, 0.29) is 6.10 Å². The maximum Gasteiger partial charge on any atom is 0.144 e. The summed E-state index contributed by atoms with van der Waals surface area (Å²) in [5, 5.41) is 4.05. The molecule has 17 heavy (non-hydrogen) atoms. The van der Waals surface area contributed by atoms with Crippen molar-refractivity contribution in [3.05, 3.63) is 59.1 Å². The molecule has 3 rings (SSSR count). The smallest absolute Gasteiger partial charge is 0.144 e. The van der Waals surface area contributed by atoms with Crippen LogP contribution in [0.15, 0.2) is 48.5 Å². The summed E-state index contributed by atoms with van der Waals surface area (Å²) in [6.45, 7) is 0.776. The predicted octanol–water partition coefficient (Wildman–Crippen LogP) is 3.89. The first-order valence-corrected chi connectivity index (χ1v) is 5.96. The molecule has 0 saturated heterocycles. The average Bonchev–Trinajstić information content (AvgIpc) is 2.39. The van der Waals surface area contributed by atoms with Crippen LogP contribution in [0.25, 0.3) is 0 Å². The zero-order chi connectivity index (χ0) is 11.7. The fourth-order valence-corrected chi connectivity index (χ4v) is 2.15. The monoisotopic (exact) mass is 245 g/mol. The van der Waals surface area contributed by atoms with Gasteiger partial charge in [0.15, 0.2) is 0 Å². The van der Waals surface area contributed by atoms with Crippen molar-refractivity contribution < 1.29 is 4.74 Å². The van der Waals surface area contributed by atoms with Gasteiger partial charge < -0.3 is 10.1 Å². The number of nitrogens with one attached hydrogen (secondary N) is 1. The van der Waals surface area contributed by atoms with Crippen molar-refractivity contribution in [1.29, 1.82) is 0 Å². The summed E-state index contributed by atoms with van der Waals surface area (Å²) in [7, 11) is 0. The third-order valence-electron chi connectivity index (χ3n) is 2.86. The van der Waals surface area contributed by atoms with Gasteiger partial charge in [-0.3, -0.25) is 0 Å². The summed E-state index contributed by atoms with van der Waals surface area (Å²) < 4.78 is 5.95. The van der Waals surface area contributed by atoms with Crippen LogP contribution in [-0.2, 0) is 0 Å². The molecule has 1 N–H and O–H groups in total. The number of anilines is 1. The Kier molecular flexibility index (Phi) is 2.65. The zero-order valence-electron chi connectivity index (χ0n) is 9.19. The van der Waals surface area contributed by atoms with Crippen molar-refractivity contribution >= 4 is 17.3 Å². The second-order valence-electron chi connectivity index (χ2n) is 4.04. The maximum atomic E-state index is 5.96. The third-order valence-corrected chi connectivity index (χ3v) is 3.10. The van der Waals surface area contributed by atoms with E-state index in [2.05, 4.69) is 17.4 Å². The Morgan fingerprint density at radius 2 is 1.94 bits per heavy atom. The standard InChI is InChI=1S/C14H12ClNO/c15-11-6-7-12-13(8-11)17-14(9-16-12)10-4-2-1-3-5-10/h1-8,14,16H,9H2. The third kappa shape index (κ3) is 2.08. The fourth-order valence-electron chi connectivity index (χ4n) is 1.99. The van der Waals surface area contributed by atoms with E-state index in [9.17, 15) is 0 Å². The summed E-state index contributed by atoms with van der Waals surface area (Å²) >= 11 is 5.96. The van der Waals surface area contributed by atoms with Crippen LogP contribution < -0.4 is 10.1 Å². The van der Waals surface area contributed by atoms with Crippen molar-refractivity contribution in [1.82, 2.24) is 0 Å². The molecule has 2 aromatic rings. The van der Waals surface area contributed by atoms with Crippen LogP contribution >= 0.6 is 11.6 Å². The number of hydrogen-bond acceptors (Lipinski definition) is 2. The molecule has 0 radical (unpaired) electrons. The normalized spacial score (nSPS) is 17.8. The number of fused-ring (bicyclic) bond motifs is 1. The minimum absolute atomic E-state index is 0.0437. The number of hydrogen-bond donors (Lipinski definition) is 1. The van der Waals surface area contributed by atoms with Crippen molar-refractivity contribution in [2.75, 3.05) is 11.9 Å². The molecule has 0 aliphatic carbocycles. The van der Waals surface area contributed by atoms with E-state index in [1.807, 2.05) is 36.4 Å². The van der Waals surface area contributed by atoms with E-state index in [1.165, 1.54) is 5.56 Å². The first-order chi connectivity index (χ1) is 8.33. The van der Waals surface area contributed by atoms with E-state index < -0.39 is 0 Å². The van der Waals surface area contributed by atoms with E-state index in [0.717, 1.165) is 18.0 Å². The Hall–Kier alpha value is -1.67. The number of rotatable bonds is 1. The first-order valence-electron chi connectivity index (χ1n) is 5.58. The number of halogens is 1. The summed E-state index contributed by atoms with van der Waals surface area (Å²) in [6, 6.07) is 15.8. The second-order valence-corrected chi connectivity index (χ2v) is 4.47. The van der Waals surface area contributed by atoms with Crippen LogP contribution in [0.2, 0.25) is 5.02 Å². The fraction of sp³-hybridized carbons (Fsp3) is 0.143. The van der Waals surface area contributed by atoms with Crippen molar-refractivity contribution in [2.24, 2.45) is 0 Å². The average molecular weight is 246 g/mol. The molecule has 86 valence electrons. The largest absolute Gasteiger partial charge is 0.482 e. The molecule has 0 bridgehead atoms. The van der Waals surface area contributed by atoms with Gasteiger partial charge in [0.2, 0.25) is 0 Å². The molecule has 2 aromatic carbocycles. The van der Waals surface area contributed by atoms with E-state index in [0.29, 0.717) is 5.02 Å². The van der Waals surface area contributed by atoms with Gasteiger partial charge in [-0.25, -0.2) is 0 Å². The van der Waals surface area contributed by atoms with Gasteiger partial charge in [-0.05, 0) is 17.7 Å².